The minimum atomic E-state index is -0.478. The Kier molecular flexibility index (Phi) is 4.15. The molecule has 0 fully saturated rings. The highest BCUT2D eigenvalue weighted by atomic mass is 35.5. The first kappa shape index (κ1) is 12.1. The molecule has 0 unspecified atom stereocenters. The van der Waals surface area contributed by atoms with Gasteiger partial charge in [0, 0.05) is 0 Å². The minimum absolute atomic E-state index is 0.406. The van der Waals surface area contributed by atoms with Crippen molar-refractivity contribution in [3.63, 3.8) is 0 Å². The summed E-state index contributed by atoms with van der Waals surface area (Å²) in [4.78, 5) is 11.1. The van der Waals surface area contributed by atoms with E-state index in [1.54, 1.807) is 6.07 Å². The van der Waals surface area contributed by atoms with E-state index in [9.17, 15) is 4.79 Å². The highest BCUT2D eigenvalue weighted by Crippen LogP contribution is 2.26. The predicted octanol–water partition coefficient (Wildman–Crippen LogP) is 3.59. The van der Waals surface area contributed by atoms with Gasteiger partial charge in [0.2, 0.25) is 0 Å². The number of rotatable bonds is 4. The number of carbonyl (C=O) groups is 1. The first-order valence-electron chi connectivity index (χ1n) is 5.02. The number of hydrogen-bond acceptors (Lipinski definition) is 2. The second-order valence-electron chi connectivity index (χ2n) is 3.62. The van der Waals surface area contributed by atoms with Crippen molar-refractivity contribution in [2.45, 2.75) is 26.7 Å². The normalized spacial score (nSPS) is 10.5. The van der Waals surface area contributed by atoms with E-state index in [1.807, 2.05) is 19.1 Å². The van der Waals surface area contributed by atoms with Crippen LogP contribution in [0, 0.1) is 0 Å². The molecule has 0 N–H and O–H groups in total. The molecule has 0 saturated heterocycles. The molecule has 0 saturated carbocycles. The Morgan fingerprint density at radius 1 is 1.47 bits per heavy atom. The maximum atomic E-state index is 11.1. The zero-order valence-electron chi connectivity index (χ0n) is 9.21. The van der Waals surface area contributed by atoms with Crippen LogP contribution in [0.5, 0.6) is 5.75 Å². The van der Waals surface area contributed by atoms with Gasteiger partial charge in [0.15, 0.2) is 0 Å². The summed E-state index contributed by atoms with van der Waals surface area (Å²) in [7, 11) is 0. The van der Waals surface area contributed by atoms with Crippen LogP contribution >= 0.6 is 11.6 Å². The van der Waals surface area contributed by atoms with Crippen LogP contribution in [0.1, 0.15) is 42.6 Å². The van der Waals surface area contributed by atoms with Gasteiger partial charge in [0.1, 0.15) is 5.75 Å². The fourth-order valence-electron chi connectivity index (χ4n) is 1.34. The lowest BCUT2D eigenvalue weighted by atomic mass is 10.0. The number of carbonyl (C=O) groups excluding carboxylic acids is 1. The molecule has 2 nitrogen and oxygen atoms in total. The van der Waals surface area contributed by atoms with Crippen LogP contribution in [0.2, 0.25) is 0 Å². The molecule has 0 spiro atoms. The van der Waals surface area contributed by atoms with Crippen molar-refractivity contribution < 1.29 is 9.53 Å². The van der Waals surface area contributed by atoms with Crippen molar-refractivity contribution in [3.05, 3.63) is 29.3 Å². The summed E-state index contributed by atoms with van der Waals surface area (Å²) in [6, 6.07) is 5.50. The summed E-state index contributed by atoms with van der Waals surface area (Å²) in [5, 5.41) is -0.478. The summed E-state index contributed by atoms with van der Waals surface area (Å²) in [6.07, 6.45) is 0. The molecule has 0 radical (unpaired) electrons. The Morgan fingerprint density at radius 3 is 2.60 bits per heavy atom. The van der Waals surface area contributed by atoms with Crippen LogP contribution in [0.15, 0.2) is 18.2 Å². The van der Waals surface area contributed by atoms with Crippen LogP contribution in [0.3, 0.4) is 0 Å². The van der Waals surface area contributed by atoms with Crippen LogP contribution in [0.4, 0.5) is 0 Å². The highest BCUT2D eigenvalue weighted by molar-refractivity contribution is 6.68. The predicted molar refractivity (Wildman–Crippen MR) is 61.9 cm³/mol. The molecule has 0 atom stereocenters. The molecule has 0 amide bonds. The third kappa shape index (κ3) is 2.96. The van der Waals surface area contributed by atoms with Crippen molar-refractivity contribution in [1.29, 1.82) is 0 Å². The topological polar surface area (TPSA) is 26.3 Å². The van der Waals surface area contributed by atoms with Crippen molar-refractivity contribution in [2.24, 2.45) is 0 Å². The monoisotopic (exact) mass is 226 g/mol. The Labute approximate surface area is 95.2 Å². The minimum Gasteiger partial charge on any atom is -0.493 e. The van der Waals surface area contributed by atoms with Crippen molar-refractivity contribution in [3.8, 4) is 5.75 Å². The molecule has 1 aromatic carbocycles. The van der Waals surface area contributed by atoms with Gasteiger partial charge in [-0.25, -0.2) is 0 Å². The lowest BCUT2D eigenvalue weighted by Gasteiger charge is -2.11. The van der Waals surface area contributed by atoms with Gasteiger partial charge in [-0.15, -0.1) is 0 Å². The Hall–Kier alpha value is -1.02. The first-order chi connectivity index (χ1) is 7.06. The molecular formula is C12H15ClO2. The van der Waals surface area contributed by atoms with Gasteiger partial charge in [-0.05, 0) is 42.1 Å². The average molecular weight is 227 g/mol. The van der Waals surface area contributed by atoms with E-state index in [1.165, 1.54) is 0 Å². The molecule has 1 aromatic rings. The summed E-state index contributed by atoms with van der Waals surface area (Å²) in [5.74, 6) is 0.979. The Morgan fingerprint density at radius 2 is 2.13 bits per heavy atom. The van der Waals surface area contributed by atoms with E-state index >= 15 is 0 Å². The molecule has 1 rings (SSSR count). The number of halogens is 1. The number of benzene rings is 1. The van der Waals surface area contributed by atoms with Gasteiger partial charge in [0.05, 0.1) is 12.2 Å². The molecule has 15 heavy (non-hydrogen) atoms. The molecule has 0 aliphatic rings. The van der Waals surface area contributed by atoms with Crippen LogP contribution in [0.25, 0.3) is 0 Å². The van der Waals surface area contributed by atoms with Gasteiger partial charge in [0.25, 0.3) is 5.24 Å². The average Bonchev–Trinajstić information content (AvgIpc) is 2.17. The number of ether oxygens (including phenoxy) is 1. The Balaban J connectivity index is 3.14. The maximum absolute atomic E-state index is 11.1. The number of hydrogen-bond donors (Lipinski definition) is 0. The largest absolute Gasteiger partial charge is 0.493 e. The van der Waals surface area contributed by atoms with E-state index in [0.717, 1.165) is 5.56 Å². The quantitative estimate of drug-likeness (QED) is 0.734. The molecule has 3 heteroatoms. The molecule has 0 bridgehead atoms. The summed E-state index contributed by atoms with van der Waals surface area (Å²) in [5.41, 5.74) is 1.57. The Bertz CT molecular complexity index is 359. The van der Waals surface area contributed by atoms with Gasteiger partial charge >= 0.3 is 0 Å². The third-order valence-electron chi connectivity index (χ3n) is 2.18. The second kappa shape index (κ2) is 5.17. The molecule has 0 aromatic heterocycles. The maximum Gasteiger partial charge on any atom is 0.256 e. The summed E-state index contributed by atoms with van der Waals surface area (Å²) >= 11 is 5.46. The molecule has 82 valence electrons. The molecule has 0 aliphatic carbocycles. The lowest BCUT2D eigenvalue weighted by Crippen LogP contribution is -2.01. The molecule has 0 heterocycles. The SMILES string of the molecule is CCOc1cc(C(C)C)ccc1C(=O)Cl. The van der Waals surface area contributed by atoms with Gasteiger partial charge in [-0.3, -0.25) is 4.79 Å². The fourth-order valence-corrected chi connectivity index (χ4v) is 1.49. The van der Waals surface area contributed by atoms with Crippen LogP contribution in [-0.2, 0) is 0 Å². The van der Waals surface area contributed by atoms with E-state index in [4.69, 9.17) is 16.3 Å². The van der Waals surface area contributed by atoms with Gasteiger partial charge < -0.3 is 4.74 Å². The zero-order valence-corrected chi connectivity index (χ0v) is 9.97. The second-order valence-corrected chi connectivity index (χ2v) is 3.96. The molecule has 0 aliphatic heterocycles. The molecular weight excluding hydrogens is 212 g/mol. The first-order valence-corrected chi connectivity index (χ1v) is 5.40. The summed E-state index contributed by atoms with van der Waals surface area (Å²) in [6.45, 7) is 6.59. The van der Waals surface area contributed by atoms with Gasteiger partial charge in [-0.2, -0.15) is 0 Å². The lowest BCUT2D eigenvalue weighted by molar-refractivity contribution is 0.107. The van der Waals surface area contributed by atoms with Gasteiger partial charge in [-0.1, -0.05) is 19.9 Å². The van der Waals surface area contributed by atoms with E-state index in [2.05, 4.69) is 13.8 Å². The van der Waals surface area contributed by atoms with Crippen molar-refractivity contribution in [2.75, 3.05) is 6.61 Å². The van der Waals surface area contributed by atoms with Crippen LogP contribution in [-0.4, -0.2) is 11.8 Å². The third-order valence-corrected chi connectivity index (χ3v) is 2.39. The van der Waals surface area contributed by atoms with Crippen molar-refractivity contribution >= 4 is 16.8 Å². The highest BCUT2D eigenvalue weighted by Gasteiger charge is 2.11. The zero-order chi connectivity index (χ0) is 11.4. The van der Waals surface area contributed by atoms with E-state index < -0.39 is 5.24 Å². The van der Waals surface area contributed by atoms with Crippen molar-refractivity contribution in [1.82, 2.24) is 0 Å². The summed E-state index contributed by atoms with van der Waals surface area (Å²) < 4.78 is 5.38. The van der Waals surface area contributed by atoms with E-state index in [-0.39, 0.29) is 0 Å². The fraction of sp³-hybridized carbons (Fsp3) is 0.417. The van der Waals surface area contributed by atoms with E-state index in [0.29, 0.717) is 23.8 Å². The van der Waals surface area contributed by atoms with Crippen LogP contribution < -0.4 is 4.74 Å². The smallest absolute Gasteiger partial charge is 0.256 e. The standard InChI is InChI=1S/C12H15ClO2/c1-4-15-11-7-9(8(2)3)5-6-10(11)12(13)14/h5-8H,4H2,1-3H3.